The molecule has 0 aromatic heterocycles. The van der Waals surface area contributed by atoms with Crippen LogP contribution in [0.5, 0.6) is 5.75 Å². The molecule has 0 fully saturated rings. The Hall–Kier alpha value is -1.89. The SMILES string of the molecule is CC(O)CC(C)(C)CNC(=O)NC(C)COc1ccc(F)cc1F. The molecule has 0 bridgehead atoms. The van der Waals surface area contributed by atoms with Gasteiger partial charge >= 0.3 is 6.03 Å². The van der Waals surface area contributed by atoms with E-state index in [2.05, 4.69) is 10.6 Å². The number of benzene rings is 1. The quantitative estimate of drug-likeness (QED) is 0.679. The molecule has 3 N–H and O–H groups in total. The van der Waals surface area contributed by atoms with Gasteiger partial charge in [0.1, 0.15) is 12.4 Å². The van der Waals surface area contributed by atoms with E-state index in [0.29, 0.717) is 13.0 Å². The molecule has 2 amide bonds. The summed E-state index contributed by atoms with van der Waals surface area (Å²) in [7, 11) is 0. The molecule has 1 rings (SSSR count). The van der Waals surface area contributed by atoms with Crippen molar-refractivity contribution in [2.75, 3.05) is 13.2 Å². The summed E-state index contributed by atoms with van der Waals surface area (Å²) >= 11 is 0. The van der Waals surface area contributed by atoms with E-state index in [1.807, 2.05) is 13.8 Å². The zero-order chi connectivity index (χ0) is 18.3. The van der Waals surface area contributed by atoms with Crippen LogP contribution in [0.1, 0.15) is 34.1 Å². The van der Waals surface area contributed by atoms with Gasteiger partial charge in [0.05, 0.1) is 12.1 Å². The first-order valence-electron chi connectivity index (χ1n) is 7.89. The number of aliphatic hydroxyl groups is 1. The van der Waals surface area contributed by atoms with E-state index in [1.165, 1.54) is 6.07 Å². The first-order valence-corrected chi connectivity index (χ1v) is 7.89. The summed E-state index contributed by atoms with van der Waals surface area (Å²) < 4.78 is 31.5. The number of rotatable bonds is 8. The normalized spacial score (nSPS) is 14.0. The van der Waals surface area contributed by atoms with Crippen molar-refractivity contribution in [3.05, 3.63) is 29.8 Å². The Bertz CT molecular complexity index is 551. The number of hydrogen-bond acceptors (Lipinski definition) is 3. The van der Waals surface area contributed by atoms with E-state index < -0.39 is 17.7 Å². The number of halogens is 2. The van der Waals surface area contributed by atoms with E-state index in [1.54, 1.807) is 13.8 Å². The topological polar surface area (TPSA) is 70.6 Å². The minimum atomic E-state index is -0.786. The molecule has 0 heterocycles. The number of carbonyl (C=O) groups excluding carboxylic acids is 1. The van der Waals surface area contributed by atoms with Crippen molar-refractivity contribution >= 4 is 6.03 Å². The molecule has 1 aromatic rings. The Morgan fingerprint density at radius 3 is 2.58 bits per heavy atom. The average molecular weight is 344 g/mol. The standard InChI is InChI=1S/C17H26F2N2O3/c1-11(9-24-15-6-5-13(18)7-14(15)19)21-16(23)20-10-17(3,4)8-12(2)22/h5-7,11-12,22H,8-10H2,1-4H3,(H2,20,21,23). The van der Waals surface area contributed by atoms with Crippen LogP contribution in [-0.2, 0) is 0 Å². The Morgan fingerprint density at radius 2 is 2.00 bits per heavy atom. The summed E-state index contributed by atoms with van der Waals surface area (Å²) in [6.07, 6.45) is 0.123. The molecule has 0 aliphatic heterocycles. The Labute approximate surface area is 141 Å². The van der Waals surface area contributed by atoms with Gasteiger partial charge in [-0.25, -0.2) is 13.6 Å². The lowest BCUT2D eigenvalue weighted by atomic mass is 9.87. The van der Waals surface area contributed by atoms with Crippen molar-refractivity contribution < 1.29 is 23.4 Å². The molecule has 7 heteroatoms. The van der Waals surface area contributed by atoms with Gasteiger partial charge in [0.15, 0.2) is 11.6 Å². The monoisotopic (exact) mass is 344 g/mol. The summed E-state index contributed by atoms with van der Waals surface area (Å²) in [5.74, 6) is -1.53. The van der Waals surface area contributed by atoms with Gasteiger partial charge in [-0.2, -0.15) is 0 Å². The molecular weight excluding hydrogens is 318 g/mol. The predicted molar refractivity (Wildman–Crippen MR) is 87.9 cm³/mol. The van der Waals surface area contributed by atoms with E-state index in [4.69, 9.17) is 4.74 Å². The van der Waals surface area contributed by atoms with Gasteiger partial charge in [-0.05, 0) is 37.8 Å². The number of aliphatic hydroxyl groups excluding tert-OH is 1. The van der Waals surface area contributed by atoms with Crippen molar-refractivity contribution in [1.82, 2.24) is 10.6 Å². The molecule has 0 saturated heterocycles. The maximum atomic E-state index is 13.4. The minimum Gasteiger partial charge on any atom is -0.488 e. The van der Waals surface area contributed by atoms with Crippen LogP contribution in [0.3, 0.4) is 0 Å². The van der Waals surface area contributed by atoms with Crippen molar-refractivity contribution in [2.24, 2.45) is 5.41 Å². The highest BCUT2D eigenvalue weighted by Gasteiger charge is 2.21. The molecule has 2 atom stereocenters. The number of nitrogens with one attached hydrogen (secondary N) is 2. The average Bonchev–Trinajstić information content (AvgIpc) is 2.43. The van der Waals surface area contributed by atoms with Crippen LogP contribution in [0.25, 0.3) is 0 Å². The van der Waals surface area contributed by atoms with Crippen LogP contribution in [0.2, 0.25) is 0 Å². The second-order valence-corrected chi connectivity index (χ2v) is 6.83. The highest BCUT2D eigenvalue weighted by Crippen LogP contribution is 2.21. The number of urea groups is 1. The van der Waals surface area contributed by atoms with Crippen LogP contribution in [-0.4, -0.2) is 36.4 Å². The molecule has 0 aliphatic carbocycles. The zero-order valence-corrected chi connectivity index (χ0v) is 14.5. The van der Waals surface area contributed by atoms with Crippen LogP contribution in [0.15, 0.2) is 18.2 Å². The molecule has 0 saturated carbocycles. The first-order chi connectivity index (χ1) is 11.1. The highest BCUT2D eigenvalue weighted by atomic mass is 19.1. The van der Waals surface area contributed by atoms with Gasteiger partial charge in [-0.3, -0.25) is 0 Å². The smallest absolute Gasteiger partial charge is 0.315 e. The van der Waals surface area contributed by atoms with Gasteiger partial charge in [-0.1, -0.05) is 13.8 Å². The summed E-state index contributed by atoms with van der Waals surface area (Å²) in [5.41, 5.74) is -0.234. The molecule has 0 radical (unpaired) electrons. The van der Waals surface area contributed by atoms with E-state index in [-0.39, 0.29) is 29.8 Å². The number of ether oxygens (including phenoxy) is 1. The highest BCUT2D eigenvalue weighted by molar-refractivity contribution is 5.74. The summed E-state index contributed by atoms with van der Waals surface area (Å²) in [6, 6.07) is 2.31. The van der Waals surface area contributed by atoms with Crippen molar-refractivity contribution in [1.29, 1.82) is 0 Å². The van der Waals surface area contributed by atoms with Gasteiger partial charge in [0, 0.05) is 12.6 Å². The summed E-state index contributed by atoms with van der Waals surface area (Å²) in [5, 5.41) is 14.8. The Morgan fingerprint density at radius 1 is 1.33 bits per heavy atom. The number of hydrogen-bond donors (Lipinski definition) is 3. The predicted octanol–water partition coefficient (Wildman–Crippen LogP) is 2.83. The minimum absolute atomic E-state index is 0.0487. The second kappa shape index (κ2) is 8.82. The maximum Gasteiger partial charge on any atom is 0.315 e. The third-order valence-corrected chi connectivity index (χ3v) is 3.34. The number of amides is 2. The largest absolute Gasteiger partial charge is 0.488 e. The third kappa shape index (κ3) is 7.59. The lowest BCUT2D eigenvalue weighted by Crippen LogP contribution is -2.46. The van der Waals surface area contributed by atoms with Gasteiger partial charge in [0.25, 0.3) is 0 Å². The van der Waals surface area contributed by atoms with E-state index >= 15 is 0 Å². The van der Waals surface area contributed by atoms with Crippen LogP contribution < -0.4 is 15.4 Å². The summed E-state index contributed by atoms with van der Waals surface area (Å²) in [6.45, 7) is 7.77. The molecule has 5 nitrogen and oxygen atoms in total. The fourth-order valence-corrected chi connectivity index (χ4v) is 2.31. The first kappa shape index (κ1) is 20.2. The zero-order valence-electron chi connectivity index (χ0n) is 14.5. The molecule has 2 unspecified atom stereocenters. The molecule has 24 heavy (non-hydrogen) atoms. The summed E-state index contributed by atoms with van der Waals surface area (Å²) in [4.78, 5) is 11.8. The molecule has 0 spiro atoms. The lowest BCUT2D eigenvalue weighted by molar-refractivity contribution is 0.128. The molecule has 1 aromatic carbocycles. The van der Waals surface area contributed by atoms with Crippen LogP contribution >= 0.6 is 0 Å². The Kier molecular flexibility index (Phi) is 7.41. The lowest BCUT2D eigenvalue weighted by Gasteiger charge is -2.26. The number of carbonyl (C=O) groups is 1. The van der Waals surface area contributed by atoms with Gasteiger partial charge in [-0.15, -0.1) is 0 Å². The van der Waals surface area contributed by atoms with Crippen molar-refractivity contribution in [2.45, 2.75) is 46.3 Å². The fraction of sp³-hybridized carbons (Fsp3) is 0.588. The second-order valence-electron chi connectivity index (χ2n) is 6.83. The van der Waals surface area contributed by atoms with Crippen LogP contribution in [0, 0.1) is 17.0 Å². The van der Waals surface area contributed by atoms with Crippen molar-refractivity contribution in [3.63, 3.8) is 0 Å². The van der Waals surface area contributed by atoms with E-state index in [9.17, 15) is 18.7 Å². The van der Waals surface area contributed by atoms with Crippen LogP contribution in [0.4, 0.5) is 13.6 Å². The van der Waals surface area contributed by atoms with E-state index in [0.717, 1.165) is 12.1 Å². The van der Waals surface area contributed by atoms with Gasteiger partial charge in [0.2, 0.25) is 0 Å². The maximum absolute atomic E-state index is 13.4. The molecule has 136 valence electrons. The van der Waals surface area contributed by atoms with Gasteiger partial charge < -0.3 is 20.5 Å². The molecular formula is C17H26F2N2O3. The van der Waals surface area contributed by atoms with Crippen molar-refractivity contribution in [3.8, 4) is 5.75 Å². The Balaban J connectivity index is 2.36. The fourth-order valence-electron chi connectivity index (χ4n) is 2.31. The third-order valence-electron chi connectivity index (χ3n) is 3.34. The molecule has 0 aliphatic rings.